The molecule has 0 atom stereocenters. The Morgan fingerprint density at radius 2 is 1.96 bits per heavy atom. The summed E-state index contributed by atoms with van der Waals surface area (Å²) < 4.78 is 5.10. The fourth-order valence-electron chi connectivity index (χ4n) is 3.06. The fraction of sp³-hybridized carbons (Fsp3) is 0.632. The molecule has 5 heteroatoms. The van der Waals surface area contributed by atoms with Gasteiger partial charge in [-0.1, -0.05) is 12.1 Å². The number of hydrogen-bond donors (Lipinski definition) is 1. The van der Waals surface area contributed by atoms with Crippen LogP contribution in [0.25, 0.3) is 0 Å². The number of ether oxygens (including phenoxy) is 1. The van der Waals surface area contributed by atoms with E-state index in [1.54, 1.807) is 7.11 Å². The van der Waals surface area contributed by atoms with Gasteiger partial charge in [0, 0.05) is 58.7 Å². The number of methoxy groups -OCH3 is 1. The minimum Gasteiger partial charge on any atom is -0.385 e. The van der Waals surface area contributed by atoms with Crippen molar-refractivity contribution >= 4 is 11.6 Å². The molecule has 1 saturated heterocycles. The van der Waals surface area contributed by atoms with Crippen molar-refractivity contribution in [2.24, 2.45) is 4.99 Å². The number of aryl methyl sites for hydroxylation is 1. The highest BCUT2D eigenvalue weighted by Crippen LogP contribution is 2.23. The van der Waals surface area contributed by atoms with Crippen LogP contribution in [0.3, 0.4) is 0 Å². The molecule has 24 heavy (non-hydrogen) atoms. The van der Waals surface area contributed by atoms with Gasteiger partial charge in [-0.3, -0.25) is 4.99 Å². The second-order valence-corrected chi connectivity index (χ2v) is 6.28. The Bertz CT molecular complexity index is 536. The summed E-state index contributed by atoms with van der Waals surface area (Å²) in [6.45, 7) is 13.1. The topological polar surface area (TPSA) is 40.1 Å². The molecule has 0 unspecified atom stereocenters. The van der Waals surface area contributed by atoms with E-state index in [9.17, 15) is 0 Å². The first-order chi connectivity index (χ1) is 11.7. The lowest BCUT2D eigenvalue weighted by Crippen LogP contribution is -2.52. The normalized spacial score (nSPS) is 15.8. The molecule has 0 aliphatic carbocycles. The largest absolute Gasteiger partial charge is 0.385 e. The molecule has 5 nitrogen and oxygen atoms in total. The lowest BCUT2D eigenvalue weighted by atomic mass is 10.1. The summed E-state index contributed by atoms with van der Waals surface area (Å²) in [6, 6.07) is 6.58. The molecule has 1 aromatic carbocycles. The van der Waals surface area contributed by atoms with Gasteiger partial charge in [-0.2, -0.15) is 0 Å². The maximum Gasteiger partial charge on any atom is 0.194 e. The second kappa shape index (κ2) is 9.52. The molecule has 0 aromatic heterocycles. The first-order valence-corrected chi connectivity index (χ1v) is 9.00. The molecule has 2 rings (SSSR count). The number of nitrogens with one attached hydrogen (secondary N) is 1. The van der Waals surface area contributed by atoms with Crippen LogP contribution in [-0.2, 0) is 4.74 Å². The van der Waals surface area contributed by atoms with E-state index in [4.69, 9.17) is 9.73 Å². The van der Waals surface area contributed by atoms with Crippen LogP contribution in [0.1, 0.15) is 24.5 Å². The van der Waals surface area contributed by atoms with Crippen LogP contribution in [-0.4, -0.2) is 63.8 Å². The lowest BCUT2D eigenvalue weighted by molar-refractivity contribution is 0.197. The number of nitrogens with zero attached hydrogens (tertiary/aromatic N) is 3. The van der Waals surface area contributed by atoms with Gasteiger partial charge in [0.15, 0.2) is 5.96 Å². The average Bonchev–Trinajstić information content (AvgIpc) is 2.60. The van der Waals surface area contributed by atoms with Gasteiger partial charge >= 0.3 is 0 Å². The Kier molecular flexibility index (Phi) is 7.37. The summed E-state index contributed by atoms with van der Waals surface area (Å²) >= 11 is 0. The predicted octanol–water partition coefficient (Wildman–Crippen LogP) is 2.43. The van der Waals surface area contributed by atoms with Crippen molar-refractivity contribution in [2.45, 2.75) is 27.2 Å². The minimum atomic E-state index is 0.767. The van der Waals surface area contributed by atoms with E-state index in [-0.39, 0.29) is 0 Å². The third kappa shape index (κ3) is 4.87. The predicted molar refractivity (Wildman–Crippen MR) is 102 cm³/mol. The summed E-state index contributed by atoms with van der Waals surface area (Å²) in [5.41, 5.74) is 4.13. The molecule has 1 aliphatic rings. The Morgan fingerprint density at radius 3 is 2.62 bits per heavy atom. The zero-order valence-electron chi connectivity index (χ0n) is 15.6. The maximum absolute atomic E-state index is 5.10. The molecule has 1 aromatic rings. The molecule has 0 saturated carbocycles. The highest BCUT2D eigenvalue weighted by molar-refractivity contribution is 5.80. The SMILES string of the molecule is CCNC(=NCCCOC)N1CCN(c2cccc(C)c2C)CC1. The summed E-state index contributed by atoms with van der Waals surface area (Å²) in [6.07, 6.45) is 0.966. The van der Waals surface area contributed by atoms with Crippen LogP contribution < -0.4 is 10.2 Å². The summed E-state index contributed by atoms with van der Waals surface area (Å²) in [5, 5.41) is 3.42. The van der Waals surface area contributed by atoms with Crippen molar-refractivity contribution in [3.05, 3.63) is 29.3 Å². The van der Waals surface area contributed by atoms with Crippen LogP contribution >= 0.6 is 0 Å². The first-order valence-electron chi connectivity index (χ1n) is 9.00. The molecule has 1 heterocycles. The monoisotopic (exact) mass is 332 g/mol. The van der Waals surface area contributed by atoms with Gasteiger partial charge < -0.3 is 19.9 Å². The zero-order valence-corrected chi connectivity index (χ0v) is 15.6. The van der Waals surface area contributed by atoms with E-state index in [0.29, 0.717) is 0 Å². The van der Waals surface area contributed by atoms with Gasteiger partial charge in [0.2, 0.25) is 0 Å². The molecular weight excluding hydrogens is 300 g/mol. The zero-order chi connectivity index (χ0) is 17.4. The van der Waals surface area contributed by atoms with Crippen LogP contribution in [0.2, 0.25) is 0 Å². The average molecular weight is 332 g/mol. The second-order valence-electron chi connectivity index (χ2n) is 6.28. The van der Waals surface area contributed by atoms with Crippen molar-refractivity contribution < 1.29 is 4.74 Å². The van der Waals surface area contributed by atoms with Gasteiger partial charge in [0.1, 0.15) is 0 Å². The van der Waals surface area contributed by atoms with Gasteiger partial charge in [0.25, 0.3) is 0 Å². The van der Waals surface area contributed by atoms with E-state index in [1.165, 1.54) is 16.8 Å². The molecule has 134 valence electrons. The van der Waals surface area contributed by atoms with E-state index in [0.717, 1.165) is 58.3 Å². The Morgan fingerprint density at radius 1 is 1.21 bits per heavy atom. The molecule has 1 N–H and O–H groups in total. The van der Waals surface area contributed by atoms with E-state index >= 15 is 0 Å². The Balaban J connectivity index is 1.95. The third-order valence-corrected chi connectivity index (χ3v) is 4.60. The molecular formula is C19H32N4O. The molecule has 1 aliphatic heterocycles. The summed E-state index contributed by atoms with van der Waals surface area (Å²) in [7, 11) is 1.74. The van der Waals surface area contributed by atoms with Gasteiger partial charge in [0.05, 0.1) is 0 Å². The van der Waals surface area contributed by atoms with Gasteiger partial charge in [-0.15, -0.1) is 0 Å². The number of anilines is 1. The van der Waals surface area contributed by atoms with Crippen LogP contribution in [0.4, 0.5) is 5.69 Å². The smallest absolute Gasteiger partial charge is 0.194 e. The third-order valence-electron chi connectivity index (χ3n) is 4.60. The summed E-state index contributed by atoms with van der Waals surface area (Å²) in [4.78, 5) is 9.60. The van der Waals surface area contributed by atoms with Gasteiger partial charge in [-0.25, -0.2) is 0 Å². The van der Waals surface area contributed by atoms with Crippen LogP contribution in [0.15, 0.2) is 23.2 Å². The van der Waals surface area contributed by atoms with Crippen molar-refractivity contribution in [1.29, 1.82) is 0 Å². The number of aliphatic imine (C=N–C) groups is 1. The molecule has 0 bridgehead atoms. The fourth-order valence-corrected chi connectivity index (χ4v) is 3.06. The van der Waals surface area contributed by atoms with Gasteiger partial charge in [-0.05, 0) is 44.4 Å². The highest BCUT2D eigenvalue weighted by Gasteiger charge is 2.20. The Hall–Kier alpha value is -1.75. The minimum absolute atomic E-state index is 0.767. The maximum atomic E-state index is 5.10. The molecule has 1 fully saturated rings. The molecule has 0 spiro atoms. The number of rotatable bonds is 6. The van der Waals surface area contributed by atoms with Crippen molar-refractivity contribution in [2.75, 3.05) is 57.9 Å². The first kappa shape index (κ1) is 18.6. The quantitative estimate of drug-likeness (QED) is 0.493. The van der Waals surface area contributed by atoms with E-state index in [2.05, 4.69) is 54.1 Å². The number of piperazine rings is 1. The van der Waals surface area contributed by atoms with Crippen LogP contribution in [0, 0.1) is 13.8 Å². The van der Waals surface area contributed by atoms with Crippen molar-refractivity contribution in [1.82, 2.24) is 10.2 Å². The number of benzene rings is 1. The van der Waals surface area contributed by atoms with Crippen molar-refractivity contribution in [3.8, 4) is 0 Å². The van der Waals surface area contributed by atoms with Crippen LogP contribution in [0.5, 0.6) is 0 Å². The Labute approximate surface area is 146 Å². The lowest BCUT2D eigenvalue weighted by Gasteiger charge is -2.38. The van der Waals surface area contributed by atoms with E-state index in [1.807, 2.05) is 0 Å². The summed E-state index contributed by atoms with van der Waals surface area (Å²) in [5.74, 6) is 1.04. The highest BCUT2D eigenvalue weighted by atomic mass is 16.5. The number of hydrogen-bond acceptors (Lipinski definition) is 3. The molecule has 0 radical (unpaired) electrons. The standard InChI is InChI=1S/C19H32N4O/c1-5-20-19(21-10-7-15-24-4)23-13-11-22(12-14-23)18-9-6-8-16(2)17(18)3/h6,8-9H,5,7,10-15H2,1-4H3,(H,20,21). The number of guanidine groups is 1. The van der Waals surface area contributed by atoms with E-state index < -0.39 is 0 Å². The molecule has 0 amide bonds. The van der Waals surface area contributed by atoms with Crippen molar-refractivity contribution in [3.63, 3.8) is 0 Å².